The smallest absolute Gasteiger partial charge is 0.161 e. The molecule has 0 aliphatic heterocycles. The summed E-state index contributed by atoms with van der Waals surface area (Å²) < 4.78 is 11.1. The van der Waals surface area contributed by atoms with Crippen LogP contribution in [0.15, 0.2) is 24.3 Å². The summed E-state index contributed by atoms with van der Waals surface area (Å²) in [6.45, 7) is 5.24. The molecular weight excluding hydrogens is 216 g/mol. The first kappa shape index (κ1) is 13.3. The number of carbonyl (C=O) groups excluding carboxylic acids is 1. The van der Waals surface area contributed by atoms with Crippen LogP contribution in [-0.4, -0.2) is 19.5 Å². The summed E-state index contributed by atoms with van der Waals surface area (Å²) in [6, 6.07) is 5.63. The topological polar surface area (TPSA) is 35.5 Å². The fourth-order valence-corrected chi connectivity index (χ4v) is 1.38. The minimum atomic E-state index is 0.587. The van der Waals surface area contributed by atoms with Gasteiger partial charge in [-0.15, -0.1) is 0 Å². The second-order valence-electron chi connectivity index (χ2n) is 3.48. The number of carbonyl (C=O) groups is 1. The Morgan fingerprint density at radius 1 is 1.18 bits per heavy atom. The predicted molar refractivity (Wildman–Crippen MR) is 68.5 cm³/mol. The van der Waals surface area contributed by atoms with Gasteiger partial charge >= 0.3 is 0 Å². The van der Waals surface area contributed by atoms with Crippen molar-refractivity contribution in [3.8, 4) is 11.5 Å². The average Bonchev–Trinajstić information content (AvgIpc) is 2.35. The van der Waals surface area contributed by atoms with E-state index in [-0.39, 0.29) is 0 Å². The third kappa shape index (κ3) is 4.31. The van der Waals surface area contributed by atoms with Crippen molar-refractivity contribution >= 4 is 12.4 Å². The zero-order valence-corrected chi connectivity index (χ0v) is 10.3. The summed E-state index contributed by atoms with van der Waals surface area (Å²) in [5.74, 6) is 1.46. The van der Waals surface area contributed by atoms with Crippen LogP contribution in [0.25, 0.3) is 6.08 Å². The summed E-state index contributed by atoms with van der Waals surface area (Å²) in [5, 5.41) is 0. The molecule has 0 spiro atoms. The van der Waals surface area contributed by atoms with Gasteiger partial charge in [-0.1, -0.05) is 19.1 Å². The lowest BCUT2D eigenvalue weighted by Gasteiger charge is -2.11. The molecule has 0 aliphatic carbocycles. The molecule has 17 heavy (non-hydrogen) atoms. The highest BCUT2D eigenvalue weighted by Gasteiger charge is 2.04. The van der Waals surface area contributed by atoms with E-state index >= 15 is 0 Å². The third-order valence-electron chi connectivity index (χ3n) is 2.10. The second kappa shape index (κ2) is 7.49. The molecular formula is C14H18O3. The highest BCUT2D eigenvalue weighted by atomic mass is 16.5. The molecule has 0 heterocycles. The van der Waals surface area contributed by atoms with Crippen molar-refractivity contribution < 1.29 is 14.3 Å². The first-order valence-electron chi connectivity index (χ1n) is 5.83. The second-order valence-corrected chi connectivity index (χ2v) is 3.48. The van der Waals surface area contributed by atoms with Crippen LogP contribution in [0.5, 0.6) is 11.5 Å². The molecule has 0 unspecified atom stereocenters. The molecule has 0 N–H and O–H groups in total. The Bertz CT molecular complexity index is 383. The molecule has 3 nitrogen and oxygen atoms in total. The van der Waals surface area contributed by atoms with Crippen molar-refractivity contribution in [2.24, 2.45) is 0 Å². The largest absolute Gasteiger partial charge is 0.490 e. The van der Waals surface area contributed by atoms with E-state index in [4.69, 9.17) is 9.47 Å². The van der Waals surface area contributed by atoms with Gasteiger partial charge in [-0.25, -0.2) is 0 Å². The Hall–Kier alpha value is -1.77. The molecule has 1 rings (SSSR count). The maximum absolute atomic E-state index is 10.3. The van der Waals surface area contributed by atoms with Gasteiger partial charge in [-0.2, -0.15) is 0 Å². The third-order valence-corrected chi connectivity index (χ3v) is 2.10. The van der Waals surface area contributed by atoms with E-state index in [1.165, 1.54) is 6.08 Å². The molecule has 0 saturated heterocycles. The van der Waals surface area contributed by atoms with Gasteiger partial charge in [0.1, 0.15) is 6.29 Å². The number of ether oxygens (including phenoxy) is 2. The first-order chi connectivity index (χ1) is 8.31. The van der Waals surface area contributed by atoms with Crippen LogP contribution < -0.4 is 9.47 Å². The Morgan fingerprint density at radius 3 is 2.65 bits per heavy atom. The lowest BCUT2D eigenvalue weighted by atomic mass is 10.2. The van der Waals surface area contributed by atoms with Crippen LogP contribution in [0, 0.1) is 0 Å². The minimum absolute atomic E-state index is 0.587. The maximum Gasteiger partial charge on any atom is 0.161 e. The number of hydrogen-bond acceptors (Lipinski definition) is 3. The number of allylic oxidation sites excluding steroid dienone is 1. The molecule has 0 aromatic heterocycles. The van der Waals surface area contributed by atoms with Gasteiger partial charge in [0, 0.05) is 0 Å². The molecule has 92 valence electrons. The number of rotatable bonds is 7. The first-order valence-corrected chi connectivity index (χ1v) is 5.83. The van der Waals surface area contributed by atoms with Gasteiger partial charge in [-0.3, -0.25) is 4.79 Å². The van der Waals surface area contributed by atoms with E-state index in [0.29, 0.717) is 19.0 Å². The molecule has 0 saturated carbocycles. The molecule has 0 bridgehead atoms. The van der Waals surface area contributed by atoms with E-state index in [2.05, 4.69) is 6.92 Å². The van der Waals surface area contributed by atoms with Crippen molar-refractivity contribution in [2.75, 3.05) is 13.2 Å². The van der Waals surface area contributed by atoms with Crippen LogP contribution in [0.2, 0.25) is 0 Å². The zero-order valence-electron chi connectivity index (χ0n) is 10.3. The van der Waals surface area contributed by atoms with Crippen LogP contribution in [-0.2, 0) is 4.79 Å². The molecule has 0 radical (unpaired) electrons. The maximum atomic E-state index is 10.3. The van der Waals surface area contributed by atoms with E-state index in [9.17, 15) is 4.79 Å². The van der Waals surface area contributed by atoms with Crippen molar-refractivity contribution in [2.45, 2.75) is 20.3 Å². The van der Waals surface area contributed by atoms with Gasteiger partial charge in [0.2, 0.25) is 0 Å². The van der Waals surface area contributed by atoms with E-state index in [1.807, 2.05) is 25.1 Å². The molecule has 0 aliphatic rings. The van der Waals surface area contributed by atoms with Crippen LogP contribution >= 0.6 is 0 Å². The zero-order chi connectivity index (χ0) is 12.5. The highest BCUT2D eigenvalue weighted by Crippen LogP contribution is 2.29. The monoisotopic (exact) mass is 234 g/mol. The van der Waals surface area contributed by atoms with E-state index in [0.717, 1.165) is 24.0 Å². The normalized spacial score (nSPS) is 10.5. The van der Waals surface area contributed by atoms with Gasteiger partial charge in [-0.05, 0) is 37.1 Å². The van der Waals surface area contributed by atoms with Gasteiger partial charge in [0.15, 0.2) is 11.5 Å². The Morgan fingerprint density at radius 2 is 2.00 bits per heavy atom. The lowest BCUT2D eigenvalue weighted by molar-refractivity contribution is -0.104. The summed E-state index contributed by atoms with van der Waals surface area (Å²) in [6.07, 6.45) is 4.90. The molecule has 0 atom stereocenters. The van der Waals surface area contributed by atoms with Crippen molar-refractivity contribution in [1.82, 2.24) is 0 Å². The Balaban J connectivity index is 2.90. The summed E-state index contributed by atoms with van der Waals surface area (Å²) in [5.41, 5.74) is 0.921. The summed E-state index contributed by atoms with van der Waals surface area (Å²) >= 11 is 0. The van der Waals surface area contributed by atoms with Crippen molar-refractivity contribution in [3.05, 3.63) is 29.8 Å². The summed E-state index contributed by atoms with van der Waals surface area (Å²) in [4.78, 5) is 10.3. The van der Waals surface area contributed by atoms with Crippen LogP contribution in [0.1, 0.15) is 25.8 Å². The lowest BCUT2D eigenvalue weighted by Crippen LogP contribution is -2.00. The standard InChI is InChI=1S/C14H18O3/c1-3-10-17-13-8-7-12(6-5-9-15)11-14(13)16-4-2/h5-9,11H,3-4,10H2,1-2H3/b6-5+. The fraction of sp³-hybridized carbons (Fsp3) is 0.357. The van der Waals surface area contributed by atoms with E-state index in [1.54, 1.807) is 6.08 Å². The number of benzene rings is 1. The highest BCUT2D eigenvalue weighted by molar-refractivity contribution is 5.74. The molecule has 1 aromatic rings. The average molecular weight is 234 g/mol. The minimum Gasteiger partial charge on any atom is -0.490 e. The summed E-state index contributed by atoms with van der Waals surface area (Å²) in [7, 11) is 0. The quantitative estimate of drug-likeness (QED) is 0.537. The van der Waals surface area contributed by atoms with Crippen molar-refractivity contribution in [3.63, 3.8) is 0 Å². The van der Waals surface area contributed by atoms with Crippen molar-refractivity contribution in [1.29, 1.82) is 0 Å². The number of aldehydes is 1. The van der Waals surface area contributed by atoms with Gasteiger partial charge in [0.05, 0.1) is 13.2 Å². The molecule has 1 aromatic carbocycles. The molecule has 3 heteroatoms. The molecule has 0 amide bonds. The van der Waals surface area contributed by atoms with E-state index < -0.39 is 0 Å². The SMILES string of the molecule is CCCOc1ccc(/C=C/C=O)cc1OCC. The van der Waals surface area contributed by atoms with Crippen LogP contribution in [0.4, 0.5) is 0 Å². The van der Waals surface area contributed by atoms with Gasteiger partial charge in [0.25, 0.3) is 0 Å². The predicted octanol–water partition coefficient (Wildman–Crippen LogP) is 3.09. The van der Waals surface area contributed by atoms with Gasteiger partial charge < -0.3 is 9.47 Å². The molecule has 0 fully saturated rings. The number of hydrogen-bond donors (Lipinski definition) is 0. The van der Waals surface area contributed by atoms with Crippen LogP contribution in [0.3, 0.4) is 0 Å². The fourth-order valence-electron chi connectivity index (χ4n) is 1.38. The Kier molecular flexibility index (Phi) is 5.86. The Labute approximate surface area is 102 Å².